The van der Waals surface area contributed by atoms with Gasteiger partial charge in [0.15, 0.2) is 9.84 Å². The number of carbonyl (C=O) groups excluding carboxylic acids is 2. The number of amides is 2. The minimum Gasteiger partial charge on any atom is -0.444 e. The quantitative estimate of drug-likeness (QED) is 0.697. The number of sulfone groups is 1. The van der Waals surface area contributed by atoms with E-state index in [1.165, 1.54) is 0 Å². The van der Waals surface area contributed by atoms with E-state index in [9.17, 15) is 18.0 Å². The first kappa shape index (κ1) is 25.3. The van der Waals surface area contributed by atoms with E-state index in [0.717, 1.165) is 44.5 Å². The van der Waals surface area contributed by atoms with Gasteiger partial charge in [-0.2, -0.15) is 0 Å². The molecule has 2 amide bonds. The average Bonchev–Trinajstić information content (AvgIpc) is 2.78. The van der Waals surface area contributed by atoms with Crippen LogP contribution in [0.2, 0.25) is 0 Å². The molecule has 2 heterocycles. The lowest BCUT2D eigenvalue weighted by molar-refractivity contribution is -0.127. The van der Waals surface area contributed by atoms with Crippen LogP contribution in [0.4, 0.5) is 10.5 Å². The molecule has 0 spiro atoms. The van der Waals surface area contributed by atoms with Gasteiger partial charge in [-0.3, -0.25) is 4.79 Å². The Morgan fingerprint density at radius 3 is 2.27 bits per heavy atom. The highest BCUT2D eigenvalue weighted by Crippen LogP contribution is 2.24. The predicted octanol–water partition coefficient (Wildman–Crippen LogP) is 3.21. The number of hydrogen-bond acceptors (Lipinski definition) is 6. The van der Waals surface area contributed by atoms with Gasteiger partial charge >= 0.3 is 6.09 Å². The summed E-state index contributed by atoms with van der Waals surface area (Å²) in [6, 6.07) is 7.15. The van der Waals surface area contributed by atoms with E-state index in [0.29, 0.717) is 18.0 Å². The number of anilines is 1. The summed E-state index contributed by atoms with van der Waals surface area (Å²) in [7, 11) is -3.20. The van der Waals surface area contributed by atoms with Gasteiger partial charge in [0.2, 0.25) is 5.91 Å². The van der Waals surface area contributed by atoms with Gasteiger partial charge in [0.1, 0.15) is 5.60 Å². The largest absolute Gasteiger partial charge is 0.444 e. The van der Waals surface area contributed by atoms with E-state index in [1.807, 2.05) is 32.9 Å². The van der Waals surface area contributed by atoms with Crippen molar-refractivity contribution in [3.63, 3.8) is 0 Å². The first-order valence-electron chi connectivity index (χ1n) is 11.8. The Bertz CT molecular complexity index is 932. The molecule has 0 aliphatic carbocycles. The Kier molecular flexibility index (Phi) is 7.92. The normalized spacial score (nSPS) is 20.4. The maximum absolute atomic E-state index is 12.9. The average molecular weight is 480 g/mol. The molecule has 33 heavy (non-hydrogen) atoms. The third-order valence-corrected chi connectivity index (χ3v) is 7.98. The highest BCUT2D eigenvalue weighted by Gasteiger charge is 2.32. The van der Waals surface area contributed by atoms with Crippen molar-refractivity contribution in [2.75, 3.05) is 36.8 Å². The summed E-state index contributed by atoms with van der Waals surface area (Å²) in [5, 5.41) is 3.18. The lowest BCUT2D eigenvalue weighted by atomic mass is 9.96. The number of rotatable bonds is 5. The van der Waals surface area contributed by atoms with E-state index in [1.54, 1.807) is 24.0 Å². The summed E-state index contributed by atoms with van der Waals surface area (Å²) in [4.78, 5) is 29.5. The van der Waals surface area contributed by atoms with Crippen LogP contribution in [0, 0.1) is 5.92 Å². The maximum Gasteiger partial charge on any atom is 0.410 e. The van der Waals surface area contributed by atoms with Crippen molar-refractivity contribution in [1.29, 1.82) is 0 Å². The molecule has 8 nitrogen and oxygen atoms in total. The number of benzene rings is 1. The molecule has 2 saturated heterocycles. The molecule has 2 aliphatic heterocycles. The molecule has 1 atom stereocenters. The molecular formula is C24H37N3O5S. The van der Waals surface area contributed by atoms with E-state index in [2.05, 4.69) is 10.2 Å². The van der Waals surface area contributed by atoms with Crippen molar-refractivity contribution in [2.24, 2.45) is 5.92 Å². The van der Waals surface area contributed by atoms with Crippen molar-refractivity contribution in [3.8, 4) is 0 Å². The summed E-state index contributed by atoms with van der Waals surface area (Å²) in [6.07, 6.45) is 2.86. The molecular weight excluding hydrogens is 442 g/mol. The second-order valence-electron chi connectivity index (χ2n) is 9.93. The lowest BCUT2D eigenvalue weighted by Gasteiger charge is -2.36. The molecule has 0 aromatic heterocycles. The van der Waals surface area contributed by atoms with Crippen LogP contribution in [0.15, 0.2) is 29.2 Å². The van der Waals surface area contributed by atoms with Gasteiger partial charge in [-0.05, 0) is 70.7 Å². The van der Waals surface area contributed by atoms with Crippen LogP contribution in [0.1, 0.15) is 53.4 Å². The fourth-order valence-corrected chi connectivity index (χ4v) is 5.20. The molecule has 1 N–H and O–H groups in total. The van der Waals surface area contributed by atoms with Crippen molar-refractivity contribution in [2.45, 2.75) is 69.9 Å². The van der Waals surface area contributed by atoms with Crippen LogP contribution in [0.25, 0.3) is 0 Å². The first-order chi connectivity index (χ1) is 15.5. The number of piperidine rings is 2. The Balaban J connectivity index is 1.48. The van der Waals surface area contributed by atoms with Crippen LogP contribution in [-0.4, -0.2) is 68.9 Å². The number of likely N-dealkylation sites (tertiary alicyclic amines) is 1. The topological polar surface area (TPSA) is 96.0 Å². The molecule has 3 rings (SSSR count). The van der Waals surface area contributed by atoms with Crippen LogP contribution >= 0.6 is 0 Å². The molecule has 9 heteroatoms. The minimum absolute atomic E-state index is 0.0100. The SMILES string of the molecule is CCS(=O)(=O)c1ccc(N2CCC(NC(=O)C3CCCN(C(=O)OC(C)(C)C)C3)CC2)cc1. The van der Waals surface area contributed by atoms with Crippen molar-refractivity contribution < 1.29 is 22.7 Å². The van der Waals surface area contributed by atoms with Crippen LogP contribution in [0.5, 0.6) is 0 Å². The molecule has 1 unspecified atom stereocenters. The molecule has 2 aliphatic rings. The Morgan fingerprint density at radius 2 is 1.70 bits per heavy atom. The van der Waals surface area contributed by atoms with Crippen molar-refractivity contribution in [3.05, 3.63) is 24.3 Å². The fraction of sp³-hybridized carbons (Fsp3) is 0.667. The van der Waals surface area contributed by atoms with Gasteiger partial charge in [0, 0.05) is 37.9 Å². The zero-order chi connectivity index (χ0) is 24.2. The summed E-state index contributed by atoms with van der Waals surface area (Å²) in [5.41, 5.74) is 0.445. The van der Waals surface area contributed by atoms with Crippen LogP contribution < -0.4 is 10.2 Å². The van der Waals surface area contributed by atoms with Crippen molar-refractivity contribution in [1.82, 2.24) is 10.2 Å². The molecule has 0 saturated carbocycles. The molecule has 2 fully saturated rings. The second-order valence-corrected chi connectivity index (χ2v) is 12.2. The van der Waals surface area contributed by atoms with Gasteiger partial charge in [0.25, 0.3) is 0 Å². The highest BCUT2D eigenvalue weighted by atomic mass is 32.2. The summed E-state index contributed by atoms with van der Waals surface area (Å²) in [6.45, 7) is 9.76. The van der Waals surface area contributed by atoms with Crippen LogP contribution in [-0.2, 0) is 19.4 Å². The van der Waals surface area contributed by atoms with Crippen LogP contribution in [0.3, 0.4) is 0 Å². The third kappa shape index (κ3) is 6.85. The fourth-order valence-electron chi connectivity index (χ4n) is 4.32. The number of hydrogen-bond donors (Lipinski definition) is 1. The number of carbonyl (C=O) groups is 2. The zero-order valence-corrected chi connectivity index (χ0v) is 21.0. The van der Waals surface area contributed by atoms with Gasteiger partial charge in [0.05, 0.1) is 16.6 Å². The van der Waals surface area contributed by atoms with Gasteiger partial charge < -0.3 is 19.9 Å². The summed E-state index contributed by atoms with van der Waals surface area (Å²) in [5.74, 6) is -0.110. The number of nitrogens with zero attached hydrogens (tertiary/aromatic N) is 2. The second kappa shape index (κ2) is 10.3. The standard InChI is InChI=1S/C24H37N3O5S/c1-5-33(30,31)21-10-8-20(9-11-21)26-15-12-19(13-16-26)25-22(28)18-7-6-14-27(17-18)23(29)32-24(2,3)4/h8-11,18-19H,5-7,12-17H2,1-4H3,(H,25,28). The van der Waals surface area contributed by atoms with Gasteiger partial charge in [-0.25, -0.2) is 13.2 Å². The minimum atomic E-state index is -3.20. The molecule has 1 aromatic rings. The smallest absolute Gasteiger partial charge is 0.410 e. The van der Waals surface area contributed by atoms with Crippen molar-refractivity contribution >= 4 is 27.5 Å². The lowest BCUT2D eigenvalue weighted by Crippen LogP contribution is -2.50. The predicted molar refractivity (Wildman–Crippen MR) is 128 cm³/mol. The highest BCUT2D eigenvalue weighted by molar-refractivity contribution is 7.91. The first-order valence-corrected chi connectivity index (χ1v) is 13.5. The Hall–Kier alpha value is -2.29. The van der Waals surface area contributed by atoms with E-state index in [4.69, 9.17) is 4.74 Å². The number of nitrogens with one attached hydrogen (secondary N) is 1. The van der Waals surface area contributed by atoms with Gasteiger partial charge in [-0.15, -0.1) is 0 Å². The van der Waals surface area contributed by atoms with E-state index < -0.39 is 15.4 Å². The Morgan fingerprint density at radius 1 is 1.06 bits per heavy atom. The monoisotopic (exact) mass is 479 g/mol. The molecule has 1 aromatic carbocycles. The summed E-state index contributed by atoms with van der Waals surface area (Å²) < 4.78 is 29.5. The summed E-state index contributed by atoms with van der Waals surface area (Å²) >= 11 is 0. The molecule has 0 radical (unpaired) electrons. The van der Waals surface area contributed by atoms with Gasteiger partial charge in [-0.1, -0.05) is 6.92 Å². The Labute approximate surface area is 197 Å². The third-order valence-electron chi connectivity index (χ3n) is 6.23. The maximum atomic E-state index is 12.9. The molecule has 0 bridgehead atoms. The zero-order valence-electron chi connectivity index (χ0n) is 20.2. The van der Waals surface area contributed by atoms with E-state index >= 15 is 0 Å². The van der Waals surface area contributed by atoms with E-state index in [-0.39, 0.29) is 29.7 Å². The number of ether oxygens (including phenoxy) is 1. The molecule has 184 valence electrons.